The van der Waals surface area contributed by atoms with Crippen LogP contribution in [0.2, 0.25) is 0 Å². The fourth-order valence-electron chi connectivity index (χ4n) is 3.80. The molecule has 4 aliphatic rings. The van der Waals surface area contributed by atoms with Gasteiger partial charge in [-0.05, 0) is 25.9 Å². The van der Waals surface area contributed by atoms with Crippen LogP contribution < -0.4 is 4.74 Å². The first-order chi connectivity index (χ1) is 9.16. The Hall–Kier alpha value is -1.69. The van der Waals surface area contributed by atoms with E-state index in [1.807, 2.05) is 0 Å². The Bertz CT molecular complexity index is 554. The van der Waals surface area contributed by atoms with Crippen molar-refractivity contribution in [1.82, 2.24) is 9.88 Å². The molecule has 0 radical (unpaired) electrons. The van der Waals surface area contributed by atoms with E-state index in [0.29, 0.717) is 11.8 Å². The molecule has 100 valence electrons. The highest BCUT2D eigenvalue weighted by molar-refractivity contribution is 5.42. The molecule has 1 unspecified atom stereocenters. The number of pyridine rings is 1. The molecule has 3 saturated heterocycles. The van der Waals surface area contributed by atoms with E-state index in [0.717, 1.165) is 44.5 Å². The van der Waals surface area contributed by atoms with Crippen molar-refractivity contribution in [3.05, 3.63) is 27.9 Å². The first-order valence-electron chi connectivity index (χ1n) is 6.71. The van der Waals surface area contributed by atoms with Crippen LogP contribution in [0.1, 0.15) is 18.4 Å². The minimum absolute atomic E-state index is 0.0562. The van der Waals surface area contributed by atoms with E-state index in [2.05, 4.69) is 9.88 Å². The maximum Gasteiger partial charge on any atom is 0.288 e. The highest BCUT2D eigenvalue weighted by atomic mass is 16.6. The van der Waals surface area contributed by atoms with Crippen molar-refractivity contribution < 1.29 is 9.66 Å². The van der Waals surface area contributed by atoms with Gasteiger partial charge >= 0.3 is 0 Å². The maximum atomic E-state index is 10.8. The number of hydrogen-bond acceptors (Lipinski definition) is 5. The summed E-state index contributed by atoms with van der Waals surface area (Å²) in [5.41, 5.74) is 0.768. The van der Waals surface area contributed by atoms with Gasteiger partial charge in [0.15, 0.2) is 0 Å². The topological polar surface area (TPSA) is 68.5 Å². The van der Waals surface area contributed by atoms with Gasteiger partial charge in [-0.2, -0.15) is 0 Å². The third kappa shape index (κ3) is 1.56. The molecule has 0 aromatic carbocycles. The Labute approximate surface area is 110 Å². The number of nitrogens with zero attached hydrogens (tertiary/aromatic N) is 3. The van der Waals surface area contributed by atoms with Crippen LogP contribution in [0.5, 0.6) is 5.88 Å². The second-order valence-corrected chi connectivity index (χ2v) is 5.81. The Morgan fingerprint density at radius 1 is 1.47 bits per heavy atom. The first kappa shape index (κ1) is 11.2. The number of aromatic nitrogens is 1. The van der Waals surface area contributed by atoms with Crippen LogP contribution in [0.3, 0.4) is 0 Å². The molecule has 5 heterocycles. The lowest BCUT2D eigenvalue weighted by Crippen LogP contribution is -2.61. The van der Waals surface area contributed by atoms with Gasteiger partial charge in [0.2, 0.25) is 5.88 Å². The van der Waals surface area contributed by atoms with Gasteiger partial charge < -0.3 is 4.74 Å². The second-order valence-electron chi connectivity index (χ2n) is 5.81. The van der Waals surface area contributed by atoms with E-state index < -0.39 is 4.92 Å². The summed E-state index contributed by atoms with van der Waals surface area (Å²) >= 11 is 0. The zero-order chi connectivity index (χ0) is 13.0. The SMILES string of the molecule is O=[N+]([O-])c1cnc2c(c1)CC1(CN3CCC1CC3)O2. The molecule has 0 saturated carbocycles. The quantitative estimate of drug-likeness (QED) is 0.564. The predicted octanol–water partition coefficient (Wildman–Crippen LogP) is 1.39. The van der Waals surface area contributed by atoms with Crippen molar-refractivity contribution >= 4 is 5.69 Å². The van der Waals surface area contributed by atoms with Crippen LogP contribution in [0.15, 0.2) is 12.3 Å². The molecular weight excluding hydrogens is 246 g/mol. The van der Waals surface area contributed by atoms with Gasteiger partial charge in [-0.15, -0.1) is 0 Å². The Morgan fingerprint density at radius 3 is 2.89 bits per heavy atom. The fourth-order valence-corrected chi connectivity index (χ4v) is 3.80. The number of nitro groups is 1. The average molecular weight is 261 g/mol. The van der Waals surface area contributed by atoms with Gasteiger partial charge in [-0.3, -0.25) is 15.0 Å². The molecule has 2 bridgehead atoms. The highest BCUT2D eigenvalue weighted by Gasteiger charge is 2.52. The van der Waals surface area contributed by atoms with E-state index in [1.165, 1.54) is 6.20 Å². The zero-order valence-electron chi connectivity index (χ0n) is 10.5. The lowest BCUT2D eigenvalue weighted by molar-refractivity contribution is -0.385. The maximum absolute atomic E-state index is 10.8. The molecular formula is C13H15N3O3. The van der Waals surface area contributed by atoms with Gasteiger partial charge in [0.1, 0.15) is 11.8 Å². The fraction of sp³-hybridized carbons (Fsp3) is 0.615. The molecule has 0 amide bonds. The lowest BCUT2D eigenvalue weighted by Gasteiger charge is -2.50. The summed E-state index contributed by atoms with van der Waals surface area (Å²) in [5, 5.41) is 10.8. The predicted molar refractivity (Wildman–Crippen MR) is 67.1 cm³/mol. The molecule has 0 N–H and O–H groups in total. The van der Waals surface area contributed by atoms with Crippen molar-refractivity contribution in [2.24, 2.45) is 5.92 Å². The summed E-state index contributed by atoms with van der Waals surface area (Å²) in [6.07, 6.45) is 4.38. The van der Waals surface area contributed by atoms with Crippen LogP contribution in [0, 0.1) is 16.0 Å². The van der Waals surface area contributed by atoms with Gasteiger partial charge in [0.05, 0.1) is 4.92 Å². The molecule has 3 fully saturated rings. The second kappa shape index (κ2) is 3.66. The zero-order valence-corrected chi connectivity index (χ0v) is 10.5. The van der Waals surface area contributed by atoms with Crippen LogP contribution >= 0.6 is 0 Å². The number of rotatable bonds is 1. The van der Waals surface area contributed by atoms with E-state index in [-0.39, 0.29) is 11.3 Å². The summed E-state index contributed by atoms with van der Waals surface area (Å²) in [7, 11) is 0. The van der Waals surface area contributed by atoms with Gasteiger partial charge in [0, 0.05) is 30.5 Å². The first-order valence-corrected chi connectivity index (χ1v) is 6.71. The van der Waals surface area contributed by atoms with Crippen LogP contribution in [0.25, 0.3) is 0 Å². The van der Waals surface area contributed by atoms with E-state index in [4.69, 9.17) is 4.74 Å². The normalized spacial score (nSPS) is 35.2. The molecule has 5 rings (SSSR count). The van der Waals surface area contributed by atoms with Crippen molar-refractivity contribution in [2.45, 2.75) is 24.9 Å². The Morgan fingerprint density at radius 2 is 2.26 bits per heavy atom. The summed E-state index contributed by atoms with van der Waals surface area (Å²) in [4.78, 5) is 17.0. The summed E-state index contributed by atoms with van der Waals surface area (Å²) in [6.45, 7) is 3.24. The Kier molecular flexibility index (Phi) is 2.15. The third-order valence-corrected chi connectivity index (χ3v) is 4.73. The molecule has 0 aliphatic carbocycles. The lowest BCUT2D eigenvalue weighted by atomic mass is 9.73. The number of piperidine rings is 3. The largest absolute Gasteiger partial charge is 0.469 e. The third-order valence-electron chi connectivity index (χ3n) is 4.73. The Balaban J connectivity index is 1.68. The standard InChI is InChI=1S/C13H15N3O3/c17-16(18)11-5-9-6-13(19-12(9)14-7-11)8-15-3-1-10(13)2-4-15/h5,7,10H,1-4,6,8H2. The van der Waals surface area contributed by atoms with E-state index in [1.54, 1.807) is 6.07 Å². The van der Waals surface area contributed by atoms with Crippen molar-refractivity contribution in [2.75, 3.05) is 19.6 Å². The van der Waals surface area contributed by atoms with Crippen molar-refractivity contribution in [3.63, 3.8) is 0 Å². The van der Waals surface area contributed by atoms with Gasteiger partial charge in [0.25, 0.3) is 5.69 Å². The molecule has 6 nitrogen and oxygen atoms in total. The van der Waals surface area contributed by atoms with E-state index in [9.17, 15) is 10.1 Å². The molecule has 6 heteroatoms. The van der Waals surface area contributed by atoms with Crippen LogP contribution in [0.4, 0.5) is 5.69 Å². The molecule has 1 spiro atoms. The summed E-state index contributed by atoms with van der Waals surface area (Å²) in [5.74, 6) is 1.16. The number of ether oxygens (including phenoxy) is 1. The van der Waals surface area contributed by atoms with Crippen molar-refractivity contribution in [1.29, 1.82) is 0 Å². The number of fused-ring (bicyclic) bond motifs is 3. The van der Waals surface area contributed by atoms with Crippen LogP contribution in [-0.2, 0) is 6.42 Å². The van der Waals surface area contributed by atoms with Crippen molar-refractivity contribution in [3.8, 4) is 5.88 Å². The molecule has 19 heavy (non-hydrogen) atoms. The summed E-state index contributed by atoms with van der Waals surface area (Å²) < 4.78 is 6.13. The average Bonchev–Trinajstić information content (AvgIpc) is 2.76. The van der Waals surface area contributed by atoms with E-state index >= 15 is 0 Å². The minimum atomic E-state index is -0.394. The molecule has 4 aliphatic heterocycles. The van der Waals surface area contributed by atoms with Gasteiger partial charge in [-0.25, -0.2) is 4.98 Å². The molecule has 1 atom stereocenters. The highest BCUT2D eigenvalue weighted by Crippen LogP contribution is 2.46. The summed E-state index contributed by atoms with van der Waals surface area (Å²) in [6, 6.07) is 1.62. The minimum Gasteiger partial charge on any atom is -0.469 e. The van der Waals surface area contributed by atoms with Crippen LogP contribution in [-0.4, -0.2) is 40.0 Å². The molecule has 1 aromatic heterocycles. The molecule has 1 aromatic rings. The monoisotopic (exact) mass is 261 g/mol. The smallest absolute Gasteiger partial charge is 0.288 e. The van der Waals surface area contributed by atoms with Gasteiger partial charge in [-0.1, -0.05) is 0 Å². The number of hydrogen-bond donors (Lipinski definition) is 0.